The number of carbonyl (C=O) groups is 1. The standard InChI is InChI=1S/C21H22N2O3S/c1-4-23-20(24)17(22-21(23)27)11-16-9-10-18(19(12-16)25-3)26-13-15-7-5-14(2)6-8-15/h5-12H,4,13H2,1-3H3,(H,22,27)/b17-11-. The quantitative estimate of drug-likeness (QED) is 0.610. The third kappa shape index (κ3) is 4.28. The molecule has 0 radical (unpaired) electrons. The van der Waals surface area contributed by atoms with Crippen LogP contribution in [0.1, 0.15) is 23.6 Å². The lowest BCUT2D eigenvalue weighted by Crippen LogP contribution is -2.30. The number of amides is 1. The molecule has 0 unspecified atom stereocenters. The van der Waals surface area contributed by atoms with Gasteiger partial charge in [0.05, 0.1) is 7.11 Å². The summed E-state index contributed by atoms with van der Waals surface area (Å²) in [6.07, 6.45) is 1.76. The van der Waals surface area contributed by atoms with Gasteiger partial charge < -0.3 is 14.8 Å². The number of nitrogens with zero attached hydrogens (tertiary/aromatic N) is 1. The molecule has 3 rings (SSSR count). The Labute approximate surface area is 164 Å². The molecule has 0 spiro atoms. The Morgan fingerprint density at radius 1 is 1.15 bits per heavy atom. The van der Waals surface area contributed by atoms with Gasteiger partial charge in [-0.25, -0.2) is 0 Å². The summed E-state index contributed by atoms with van der Waals surface area (Å²) in [6.45, 7) is 4.93. The lowest BCUT2D eigenvalue weighted by atomic mass is 10.1. The first-order valence-electron chi connectivity index (χ1n) is 8.72. The van der Waals surface area contributed by atoms with Crippen LogP contribution in [0.4, 0.5) is 0 Å². The summed E-state index contributed by atoms with van der Waals surface area (Å²) in [6, 6.07) is 13.8. The van der Waals surface area contributed by atoms with Gasteiger partial charge in [0.2, 0.25) is 0 Å². The second-order valence-electron chi connectivity index (χ2n) is 6.22. The molecule has 1 saturated heterocycles. The van der Waals surface area contributed by atoms with Gasteiger partial charge in [0.1, 0.15) is 12.3 Å². The van der Waals surface area contributed by atoms with Crippen molar-refractivity contribution >= 4 is 29.3 Å². The zero-order chi connectivity index (χ0) is 19.4. The van der Waals surface area contributed by atoms with E-state index in [1.165, 1.54) is 10.5 Å². The Kier molecular flexibility index (Phi) is 5.76. The maximum absolute atomic E-state index is 12.3. The van der Waals surface area contributed by atoms with E-state index in [2.05, 4.69) is 24.4 Å². The zero-order valence-corrected chi connectivity index (χ0v) is 16.4. The molecule has 1 fully saturated rings. The van der Waals surface area contributed by atoms with Gasteiger partial charge in [0.15, 0.2) is 16.6 Å². The Bertz CT molecular complexity index is 891. The highest BCUT2D eigenvalue weighted by molar-refractivity contribution is 7.80. The molecule has 0 aromatic heterocycles. The van der Waals surface area contributed by atoms with Gasteiger partial charge >= 0.3 is 0 Å². The maximum atomic E-state index is 12.3. The van der Waals surface area contributed by atoms with Crippen LogP contribution in [-0.2, 0) is 11.4 Å². The van der Waals surface area contributed by atoms with Crippen molar-refractivity contribution in [3.05, 3.63) is 64.9 Å². The maximum Gasteiger partial charge on any atom is 0.276 e. The van der Waals surface area contributed by atoms with Crippen LogP contribution in [0.25, 0.3) is 6.08 Å². The predicted molar refractivity (Wildman–Crippen MR) is 110 cm³/mol. The van der Waals surface area contributed by atoms with Gasteiger partial charge in [-0.3, -0.25) is 9.69 Å². The molecule has 5 nitrogen and oxygen atoms in total. The molecule has 0 bridgehead atoms. The fourth-order valence-corrected chi connectivity index (χ4v) is 3.09. The van der Waals surface area contributed by atoms with Crippen molar-refractivity contribution in [2.24, 2.45) is 0 Å². The Balaban J connectivity index is 1.76. The van der Waals surface area contributed by atoms with Crippen LogP contribution in [-0.4, -0.2) is 29.6 Å². The largest absolute Gasteiger partial charge is 0.493 e. The van der Waals surface area contributed by atoms with Crippen molar-refractivity contribution in [2.45, 2.75) is 20.5 Å². The van der Waals surface area contributed by atoms with Crippen LogP contribution in [0.3, 0.4) is 0 Å². The van der Waals surface area contributed by atoms with Crippen LogP contribution in [0.5, 0.6) is 11.5 Å². The number of aryl methyl sites for hydroxylation is 1. The summed E-state index contributed by atoms with van der Waals surface area (Å²) >= 11 is 5.18. The number of likely N-dealkylation sites (N-methyl/N-ethyl adjacent to an activating group) is 1. The van der Waals surface area contributed by atoms with Gasteiger partial charge in [0, 0.05) is 6.54 Å². The average Bonchev–Trinajstić information content (AvgIpc) is 2.94. The number of rotatable bonds is 6. The summed E-state index contributed by atoms with van der Waals surface area (Å²) in [4.78, 5) is 13.8. The average molecular weight is 382 g/mol. The summed E-state index contributed by atoms with van der Waals surface area (Å²) in [5.74, 6) is 1.13. The van der Waals surface area contributed by atoms with Crippen molar-refractivity contribution in [3.63, 3.8) is 0 Å². The van der Waals surface area contributed by atoms with Crippen molar-refractivity contribution < 1.29 is 14.3 Å². The molecule has 6 heteroatoms. The van der Waals surface area contributed by atoms with Gasteiger partial charge in [-0.15, -0.1) is 0 Å². The second kappa shape index (κ2) is 8.22. The molecule has 1 amide bonds. The van der Waals surface area contributed by atoms with Gasteiger partial charge in [-0.1, -0.05) is 35.9 Å². The van der Waals surface area contributed by atoms with E-state index >= 15 is 0 Å². The van der Waals surface area contributed by atoms with Crippen molar-refractivity contribution in [3.8, 4) is 11.5 Å². The van der Waals surface area contributed by atoms with Crippen LogP contribution in [0.2, 0.25) is 0 Å². The molecule has 2 aromatic carbocycles. The molecule has 2 aromatic rings. The number of nitrogens with one attached hydrogen (secondary N) is 1. The number of benzene rings is 2. The lowest BCUT2D eigenvalue weighted by molar-refractivity contribution is -0.122. The number of hydrogen-bond acceptors (Lipinski definition) is 4. The van der Waals surface area contributed by atoms with Gasteiger partial charge in [-0.05, 0) is 55.4 Å². The van der Waals surface area contributed by atoms with E-state index in [4.69, 9.17) is 21.7 Å². The number of thiocarbonyl (C=S) groups is 1. The minimum atomic E-state index is -0.124. The van der Waals surface area contributed by atoms with E-state index in [-0.39, 0.29) is 5.91 Å². The highest BCUT2D eigenvalue weighted by atomic mass is 32.1. The monoisotopic (exact) mass is 382 g/mol. The first kappa shape index (κ1) is 18.9. The van der Waals surface area contributed by atoms with E-state index in [1.807, 2.05) is 37.3 Å². The van der Waals surface area contributed by atoms with Crippen LogP contribution in [0.15, 0.2) is 48.2 Å². The number of methoxy groups -OCH3 is 1. The van der Waals surface area contributed by atoms with E-state index in [1.54, 1.807) is 13.2 Å². The van der Waals surface area contributed by atoms with Crippen molar-refractivity contribution in [1.82, 2.24) is 10.2 Å². The summed E-state index contributed by atoms with van der Waals surface area (Å²) < 4.78 is 11.3. The van der Waals surface area contributed by atoms with Gasteiger partial charge in [0.25, 0.3) is 5.91 Å². The number of hydrogen-bond donors (Lipinski definition) is 1. The Morgan fingerprint density at radius 3 is 2.52 bits per heavy atom. The molecular formula is C21H22N2O3S. The van der Waals surface area contributed by atoms with E-state index in [0.29, 0.717) is 35.5 Å². The smallest absolute Gasteiger partial charge is 0.276 e. The molecule has 1 N–H and O–H groups in total. The minimum Gasteiger partial charge on any atom is -0.493 e. The van der Waals surface area contributed by atoms with Crippen molar-refractivity contribution in [1.29, 1.82) is 0 Å². The van der Waals surface area contributed by atoms with E-state index in [9.17, 15) is 4.79 Å². The molecule has 27 heavy (non-hydrogen) atoms. The SMILES string of the molecule is CCN1C(=O)/C(=C/c2ccc(OCc3ccc(C)cc3)c(OC)c2)NC1=S. The van der Waals surface area contributed by atoms with Gasteiger partial charge in [-0.2, -0.15) is 0 Å². The normalized spacial score (nSPS) is 15.2. The molecule has 0 atom stereocenters. The molecule has 0 aliphatic carbocycles. The van der Waals surface area contributed by atoms with Crippen molar-refractivity contribution in [2.75, 3.05) is 13.7 Å². The van der Waals surface area contributed by atoms with E-state index < -0.39 is 0 Å². The fourth-order valence-electron chi connectivity index (χ4n) is 2.76. The topological polar surface area (TPSA) is 50.8 Å². The Hall–Kier alpha value is -2.86. The third-order valence-corrected chi connectivity index (χ3v) is 4.61. The third-order valence-electron chi connectivity index (χ3n) is 4.29. The highest BCUT2D eigenvalue weighted by Gasteiger charge is 2.29. The summed E-state index contributed by atoms with van der Waals surface area (Å²) in [5, 5.41) is 3.38. The highest BCUT2D eigenvalue weighted by Crippen LogP contribution is 2.30. The molecule has 140 valence electrons. The molecule has 1 heterocycles. The van der Waals surface area contributed by atoms with E-state index in [0.717, 1.165) is 11.1 Å². The lowest BCUT2D eigenvalue weighted by Gasteiger charge is -2.12. The number of carbonyl (C=O) groups excluding carboxylic acids is 1. The van der Waals surface area contributed by atoms with Crippen LogP contribution < -0.4 is 14.8 Å². The Morgan fingerprint density at radius 2 is 1.89 bits per heavy atom. The first-order valence-corrected chi connectivity index (χ1v) is 9.13. The summed E-state index contributed by atoms with van der Waals surface area (Å²) in [5.41, 5.74) is 3.58. The summed E-state index contributed by atoms with van der Waals surface area (Å²) in [7, 11) is 1.60. The molecule has 0 saturated carbocycles. The second-order valence-corrected chi connectivity index (χ2v) is 6.61. The zero-order valence-electron chi connectivity index (χ0n) is 15.6. The first-order chi connectivity index (χ1) is 13.0. The molecule has 1 aliphatic heterocycles. The molecular weight excluding hydrogens is 360 g/mol. The predicted octanol–water partition coefficient (Wildman–Crippen LogP) is 3.66. The minimum absolute atomic E-state index is 0.124. The van der Waals surface area contributed by atoms with Crippen LogP contribution >= 0.6 is 12.2 Å². The fraction of sp³-hybridized carbons (Fsp3) is 0.238. The van der Waals surface area contributed by atoms with Crippen LogP contribution in [0, 0.1) is 6.92 Å². The molecule has 1 aliphatic rings. The number of ether oxygens (including phenoxy) is 2.